The molecule has 0 bridgehead atoms. The average molecular weight is 850 g/mol. The largest absolute Gasteiger partial charge is 0.382 e. The molecule has 1 aromatic carbocycles. The third-order valence-electron chi connectivity index (χ3n) is 10.1. The highest BCUT2D eigenvalue weighted by atomic mass is 19.1. The van der Waals surface area contributed by atoms with Gasteiger partial charge in [0.15, 0.2) is 5.82 Å². The predicted octanol–water partition coefficient (Wildman–Crippen LogP) is 13.6. The second kappa shape index (κ2) is 41.3. The number of fused-ring (bicyclic) bond motifs is 1. The summed E-state index contributed by atoms with van der Waals surface area (Å²) in [5.41, 5.74) is 6.22. The van der Waals surface area contributed by atoms with Crippen molar-refractivity contribution in [2.75, 3.05) is 33.7 Å². The lowest BCUT2D eigenvalue weighted by atomic mass is 9.95. The first-order valence-corrected chi connectivity index (χ1v) is 22.8. The van der Waals surface area contributed by atoms with Gasteiger partial charge in [0.05, 0.1) is 11.4 Å². The van der Waals surface area contributed by atoms with Crippen molar-refractivity contribution in [1.29, 1.82) is 0 Å². The van der Waals surface area contributed by atoms with Gasteiger partial charge in [0.1, 0.15) is 18.6 Å². The number of pyridine rings is 1. The first kappa shape index (κ1) is 63.6. The third-order valence-corrected chi connectivity index (χ3v) is 10.1. The Morgan fingerprint density at radius 2 is 1.56 bits per heavy atom. The molecular formula is C53H92FN5O2. The summed E-state index contributed by atoms with van der Waals surface area (Å²) >= 11 is 0. The fourth-order valence-corrected chi connectivity index (χ4v) is 6.48. The summed E-state index contributed by atoms with van der Waals surface area (Å²) in [6.45, 7) is 45.8. The SMILES string of the molecule is C=C.C=C.C=C(NC1(CNC)CC1)C(C)CCCc1cc(C(C)=N/C(=C\C)C(C)C)nc2c(F)c(CC)ccc12.C=CCCCCCC.C=O.CC.CC=O.CN1CCCC1. The third kappa shape index (κ3) is 27.5. The Labute approximate surface area is 375 Å². The maximum absolute atomic E-state index is 15.4. The van der Waals surface area contributed by atoms with Crippen LogP contribution in [0.2, 0.25) is 0 Å². The highest BCUT2D eigenvalue weighted by molar-refractivity contribution is 6.00. The Hall–Kier alpha value is -4.01. The number of carbonyl (C=O) groups is 2. The molecule has 1 saturated carbocycles. The summed E-state index contributed by atoms with van der Waals surface area (Å²) in [7, 11) is 4.18. The van der Waals surface area contributed by atoms with Gasteiger partial charge in [0, 0.05) is 28.9 Å². The number of hydrogen-bond acceptors (Lipinski definition) is 7. The number of unbranched alkanes of at least 4 members (excludes halogenated alkanes) is 4. The van der Waals surface area contributed by atoms with Crippen molar-refractivity contribution in [3.05, 3.63) is 104 Å². The summed E-state index contributed by atoms with van der Waals surface area (Å²) in [6.07, 6.45) is 20.2. The molecule has 348 valence electrons. The maximum atomic E-state index is 15.4. The van der Waals surface area contributed by atoms with E-state index in [1.165, 1.54) is 77.8 Å². The van der Waals surface area contributed by atoms with Gasteiger partial charge in [-0.25, -0.2) is 9.37 Å². The fraction of sp³-hybridized carbons (Fsp3) is 0.585. The van der Waals surface area contributed by atoms with E-state index in [1.807, 2.05) is 72.7 Å². The first-order chi connectivity index (χ1) is 29.4. The normalized spacial score (nSPS) is 13.9. The fourth-order valence-electron chi connectivity index (χ4n) is 6.48. The number of halogens is 1. The average Bonchev–Trinajstić information content (AvgIpc) is 3.86. The standard InChI is InChI=1S/C31H45FN4.C8H16.C5H11N.C2H4O.C2H6.2C2H4.CH2O/c1-9-24-14-15-26-25(13-11-12-21(5)22(6)36-31(16-17-31)19-33-8)18-28(35-30(26)29(24)32)23(7)34-27(10-2)20(3)4;1-3-5-7-8-6-4-2;1-6-4-2-3-5-6;1-2-3;4*1-2/h10,14-15,18,20-21,33,36H,6,9,11-13,16-17,19H2,1-5,7-8H3;3H,1,4-8H2,2H3;2-5H2,1H3;2H,1H3;1-2H3;2*1-2H2;1H2/b27-10-,34-23?;;;;;;;. The zero-order valence-corrected chi connectivity index (χ0v) is 41.4. The molecule has 4 rings (SSSR count). The topological polar surface area (TPSA) is 86.7 Å². The highest BCUT2D eigenvalue weighted by Crippen LogP contribution is 2.36. The molecule has 7 nitrogen and oxygen atoms in total. The summed E-state index contributed by atoms with van der Waals surface area (Å²) in [5.74, 6) is 0.493. The van der Waals surface area contributed by atoms with Gasteiger partial charge in [-0.3, -0.25) is 4.99 Å². The summed E-state index contributed by atoms with van der Waals surface area (Å²) in [5, 5.41) is 7.89. The number of aldehydes is 1. The molecule has 2 fully saturated rings. The van der Waals surface area contributed by atoms with Crippen molar-refractivity contribution in [1.82, 2.24) is 20.5 Å². The maximum Gasteiger partial charge on any atom is 0.152 e. The number of nitrogens with one attached hydrogen (secondary N) is 2. The van der Waals surface area contributed by atoms with Crippen LogP contribution >= 0.6 is 0 Å². The minimum atomic E-state index is -0.203. The Morgan fingerprint density at radius 1 is 0.984 bits per heavy atom. The molecule has 0 amide bonds. The van der Waals surface area contributed by atoms with Gasteiger partial charge in [-0.2, -0.15) is 0 Å². The van der Waals surface area contributed by atoms with Crippen LogP contribution in [0.5, 0.6) is 0 Å². The van der Waals surface area contributed by atoms with Gasteiger partial charge in [-0.1, -0.05) is 98.6 Å². The summed E-state index contributed by atoms with van der Waals surface area (Å²) in [4.78, 5) is 28.8. The lowest BCUT2D eigenvalue weighted by Crippen LogP contribution is -2.40. The second-order valence-electron chi connectivity index (χ2n) is 15.2. The van der Waals surface area contributed by atoms with E-state index < -0.39 is 0 Å². The molecule has 1 aliphatic heterocycles. The lowest BCUT2D eigenvalue weighted by molar-refractivity contribution is -0.106. The van der Waals surface area contributed by atoms with Crippen molar-refractivity contribution >= 4 is 29.7 Å². The quantitative estimate of drug-likeness (QED) is 0.0672. The van der Waals surface area contributed by atoms with Crippen LogP contribution in [0.4, 0.5) is 4.39 Å². The van der Waals surface area contributed by atoms with Crippen molar-refractivity contribution in [2.45, 2.75) is 158 Å². The van der Waals surface area contributed by atoms with E-state index >= 15 is 4.39 Å². The van der Waals surface area contributed by atoms with Crippen LogP contribution < -0.4 is 10.6 Å². The molecule has 2 aromatic rings. The molecule has 1 aliphatic carbocycles. The van der Waals surface area contributed by atoms with E-state index in [0.29, 0.717) is 29.3 Å². The van der Waals surface area contributed by atoms with Crippen molar-refractivity contribution in [2.24, 2.45) is 16.8 Å². The lowest BCUT2D eigenvalue weighted by Gasteiger charge is -2.24. The number of likely N-dealkylation sites (tertiary alicyclic amines) is 1. The Bertz CT molecular complexity index is 1490. The number of aliphatic imine (C=N–C) groups is 1. The van der Waals surface area contributed by atoms with Crippen LogP contribution in [0, 0.1) is 17.7 Å². The number of benzene rings is 1. The molecule has 0 radical (unpaired) electrons. The van der Waals surface area contributed by atoms with Crippen molar-refractivity contribution < 1.29 is 14.0 Å². The van der Waals surface area contributed by atoms with E-state index in [1.54, 1.807) is 0 Å². The number of aromatic nitrogens is 1. The minimum Gasteiger partial charge on any atom is -0.382 e. The van der Waals surface area contributed by atoms with Gasteiger partial charge < -0.3 is 25.1 Å². The first-order valence-electron chi connectivity index (χ1n) is 22.8. The summed E-state index contributed by atoms with van der Waals surface area (Å²) < 4.78 is 15.4. The smallest absolute Gasteiger partial charge is 0.152 e. The number of allylic oxidation sites excluding steroid dienone is 4. The number of hydrogen-bond donors (Lipinski definition) is 2. The Morgan fingerprint density at radius 3 is 1.98 bits per heavy atom. The van der Waals surface area contributed by atoms with Gasteiger partial charge in [-0.15, -0.1) is 32.9 Å². The van der Waals surface area contributed by atoms with E-state index in [0.717, 1.165) is 65.8 Å². The van der Waals surface area contributed by atoms with E-state index in [-0.39, 0.29) is 11.4 Å². The monoisotopic (exact) mass is 850 g/mol. The molecule has 61 heavy (non-hydrogen) atoms. The molecule has 1 atom stereocenters. The number of likely N-dealkylation sites (N-methyl/N-ethyl adjacent to an activating group) is 1. The number of carbonyl (C=O) groups excluding carboxylic acids is 2. The minimum absolute atomic E-state index is 0.198. The van der Waals surface area contributed by atoms with Crippen LogP contribution in [0.25, 0.3) is 10.9 Å². The van der Waals surface area contributed by atoms with Crippen LogP contribution in [-0.2, 0) is 22.4 Å². The van der Waals surface area contributed by atoms with E-state index in [4.69, 9.17) is 19.6 Å². The molecule has 2 heterocycles. The second-order valence-corrected chi connectivity index (χ2v) is 15.2. The molecule has 2 aliphatic rings. The van der Waals surface area contributed by atoms with Crippen molar-refractivity contribution in [3.63, 3.8) is 0 Å². The molecule has 1 unspecified atom stereocenters. The highest BCUT2D eigenvalue weighted by Gasteiger charge is 2.42. The van der Waals surface area contributed by atoms with Gasteiger partial charge in [-0.05, 0) is 141 Å². The van der Waals surface area contributed by atoms with Crippen LogP contribution in [0.3, 0.4) is 0 Å². The Kier molecular flexibility index (Phi) is 43.1. The molecule has 2 N–H and O–H groups in total. The zero-order chi connectivity index (χ0) is 47.8. The van der Waals surface area contributed by atoms with Gasteiger partial charge >= 0.3 is 0 Å². The zero-order valence-electron chi connectivity index (χ0n) is 41.4. The van der Waals surface area contributed by atoms with Gasteiger partial charge in [0.25, 0.3) is 0 Å². The number of aryl methyl sites for hydroxylation is 2. The Balaban J connectivity index is -0.000000531. The number of rotatable bonds is 18. The molecule has 1 saturated heterocycles. The van der Waals surface area contributed by atoms with Crippen LogP contribution in [0.15, 0.2) is 86.2 Å². The molecule has 8 heteroatoms. The van der Waals surface area contributed by atoms with E-state index in [2.05, 4.69) is 95.8 Å². The number of nitrogens with zero attached hydrogens (tertiary/aromatic N) is 3. The summed E-state index contributed by atoms with van der Waals surface area (Å²) in [6, 6.07) is 6.06. The van der Waals surface area contributed by atoms with Crippen LogP contribution in [-0.4, -0.2) is 67.9 Å². The molecule has 1 aromatic heterocycles. The van der Waals surface area contributed by atoms with Crippen molar-refractivity contribution in [3.8, 4) is 0 Å². The molecular weight excluding hydrogens is 758 g/mol. The van der Waals surface area contributed by atoms with Gasteiger partial charge in [0.2, 0.25) is 0 Å². The molecule has 0 spiro atoms. The van der Waals surface area contributed by atoms with Crippen LogP contribution in [0.1, 0.15) is 157 Å². The van der Waals surface area contributed by atoms with E-state index in [9.17, 15) is 0 Å². The predicted molar refractivity (Wildman–Crippen MR) is 271 cm³/mol.